The summed E-state index contributed by atoms with van der Waals surface area (Å²) < 4.78 is 5.56. The van der Waals surface area contributed by atoms with Gasteiger partial charge in [-0.15, -0.1) is 0 Å². The molecule has 0 radical (unpaired) electrons. The zero-order valence-corrected chi connectivity index (χ0v) is 19.2. The van der Waals surface area contributed by atoms with Crippen LogP contribution in [0, 0.1) is 0 Å². The average molecular weight is 455 g/mol. The summed E-state index contributed by atoms with van der Waals surface area (Å²) in [5.41, 5.74) is 3.71. The van der Waals surface area contributed by atoms with Gasteiger partial charge in [0.1, 0.15) is 0 Å². The number of nitrogens with zero attached hydrogens (tertiary/aromatic N) is 1. The number of carbonyl (C=O) groups excluding carboxylic acids is 2. The van der Waals surface area contributed by atoms with Crippen LogP contribution in [0.2, 0.25) is 0 Å². The van der Waals surface area contributed by atoms with Gasteiger partial charge < -0.3 is 15.0 Å². The smallest absolute Gasteiger partial charge is 0.251 e. The molecule has 0 unspecified atom stereocenters. The first kappa shape index (κ1) is 23.5. The average Bonchev–Trinajstić information content (AvgIpc) is 3.40. The van der Waals surface area contributed by atoms with E-state index in [9.17, 15) is 9.59 Å². The molecule has 0 spiro atoms. The summed E-state index contributed by atoms with van der Waals surface area (Å²) in [5.74, 6) is -0.124. The van der Waals surface area contributed by atoms with E-state index in [1.807, 2.05) is 91.0 Å². The van der Waals surface area contributed by atoms with Crippen molar-refractivity contribution in [1.82, 2.24) is 5.32 Å². The summed E-state index contributed by atoms with van der Waals surface area (Å²) in [5, 5.41) is 2.96. The lowest BCUT2D eigenvalue weighted by Crippen LogP contribution is -2.32. The van der Waals surface area contributed by atoms with Crippen LogP contribution in [0.1, 0.15) is 29.5 Å². The molecule has 1 N–H and O–H groups in total. The highest BCUT2D eigenvalue weighted by Gasteiger charge is 2.17. The minimum Gasteiger partial charge on any atom is -0.376 e. The van der Waals surface area contributed by atoms with Gasteiger partial charge in [0.2, 0.25) is 5.91 Å². The van der Waals surface area contributed by atoms with E-state index in [1.165, 1.54) is 0 Å². The Morgan fingerprint density at radius 1 is 0.912 bits per heavy atom. The van der Waals surface area contributed by atoms with E-state index in [2.05, 4.69) is 5.32 Å². The van der Waals surface area contributed by atoms with Crippen molar-refractivity contribution in [3.05, 3.63) is 108 Å². The maximum absolute atomic E-state index is 13.2. The summed E-state index contributed by atoms with van der Waals surface area (Å²) in [7, 11) is 0. The number of rotatable bonds is 9. The summed E-state index contributed by atoms with van der Waals surface area (Å²) in [6.45, 7) is 1.80. The van der Waals surface area contributed by atoms with Crippen molar-refractivity contribution >= 4 is 23.6 Å². The van der Waals surface area contributed by atoms with Gasteiger partial charge in [-0.1, -0.05) is 72.8 Å². The third-order valence-corrected chi connectivity index (χ3v) is 5.83. The van der Waals surface area contributed by atoms with Crippen molar-refractivity contribution in [1.29, 1.82) is 0 Å². The third-order valence-electron chi connectivity index (χ3n) is 5.83. The predicted octanol–water partition coefficient (Wildman–Crippen LogP) is 4.77. The van der Waals surface area contributed by atoms with Crippen LogP contribution in [0.15, 0.2) is 91.0 Å². The lowest BCUT2D eigenvalue weighted by Gasteiger charge is -2.22. The second kappa shape index (κ2) is 12.0. The van der Waals surface area contributed by atoms with Gasteiger partial charge in [0.25, 0.3) is 5.91 Å². The SMILES string of the molecule is O=C(Cc1ccc(N(Cc2ccccc2)C(=O)/C=C/c2ccccc2)cc1)NC[C@@H]1CCCO1. The zero-order chi connectivity index (χ0) is 23.6. The highest BCUT2D eigenvalue weighted by atomic mass is 16.5. The van der Waals surface area contributed by atoms with Crippen LogP contribution in [-0.2, 0) is 27.3 Å². The number of ether oxygens (including phenoxy) is 1. The number of hydrogen-bond donors (Lipinski definition) is 1. The molecule has 0 aliphatic carbocycles. The first-order valence-corrected chi connectivity index (χ1v) is 11.7. The molecule has 1 heterocycles. The van der Waals surface area contributed by atoms with Crippen molar-refractivity contribution in [2.24, 2.45) is 0 Å². The van der Waals surface area contributed by atoms with Crippen LogP contribution >= 0.6 is 0 Å². The molecule has 1 aliphatic heterocycles. The van der Waals surface area contributed by atoms with Gasteiger partial charge in [-0.25, -0.2) is 0 Å². The molecule has 2 amide bonds. The van der Waals surface area contributed by atoms with Crippen molar-refractivity contribution < 1.29 is 14.3 Å². The molecule has 0 saturated carbocycles. The summed E-state index contributed by atoms with van der Waals surface area (Å²) in [4.78, 5) is 27.2. The number of carbonyl (C=O) groups is 2. The maximum Gasteiger partial charge on any atom is 0.251 e. The lowest BCUT2D eigenvalue weighted by atomic mass is 10.1. The topological polar surface area (TPSA) is 58.6 Å². The Morgan fingerprint density at radius 3 is 2.29 bits per heavy atom. The Kier molecular flexibility index (Phi) is 8.25. The molecule has 174 valence electrons. The molecule has 1 aliphatic rings. The highest BCUT2D eigenvalue weighted by Crippen LogP contribution is 2.20. The van der Waals surface area contributed by atoms with Crippen molar-refractivity contribution in [3.8, 4) is 0 Å². The summed E-state index contributed by atoms with van der Waals surface area (Å²) >= 11 is 0. The van der Waals surface area contributed by atoms with Crippen molar-refractivity contribution in [3.63, 3.8) is 0 Å². The van der Waals surface area contributed by atoms with E-state index in [-0.39, 0.29) is 17.9 Å². The Balaban J connectivity index is 1.43. The van der Waals surface area contributed by atoms with Crippen molar-refractivity contribution in [2.75, 3.05) is 18.1 Å². The van der Waals surface area contributed by atoms with Gasteiger partial charge in [0.15, 0.2) is 0 Å². The third kappa shape index (κ3) is 6.90. The van der Waals surface area contributed by atoms with E-state index in [0.717, 1.165) is 41.8 Å². The summed E-state index contributed by atoms with van der Waals surface area (Å²) in [6, 6.07) is 27.3. The fourth-order valence-corrected chi connectivity index (χ4v) is 3.96. The molecular formula is C29H30N2O3. The molecule has 3 aromatic rings. The van der Waals surface area contributed by atoms with Gasteiger partial charge in [0.05, 0.1) is 19.1 Å². The number of anilines is 1. The van der Waals surface area contributed by atoms with Crippen molar-refractivity contribution in [2.45, 2.75) is 31.9 Å². The van der Waals surface area contributed by atoms with Gasteiger partial charge in [-0.3, -0.25) is 9.59 Å². The number of hydrogen-bond acceptors (Lipinski definition) is 3. The quantitative estimate of drug-likeness (QED) is 0.474. The number of amides is 2. The molecule has 4 rings (SSSR count). The first-order valence-electron chi connectivity index (χ1n) is 11.7. The molecule has 5 nitrogen and oxygen atoms in total. The van der Waals surface area contributed by atoms with Crippen LogP contribution in [0.4, 0.5) is 5.69 Å². The Morgan fingerprint density at radius 2 is 1.62 bits per heavy atom. The number of nitrogens with one attached hydrogen (secondary N) is 1. The van der Waals surface area contributed by atoms with E-state index < -0.39 is 0 Å². The molecule has 5 heteroatoms. The highest BCUT2D eigenvalue weighted by molar-refractivity contribution is 6.03. The minimum absolute atomic E-state index is 0.0220. The van der Waals surface area contributed by atoms with E-state index >= 15 is 0 Å². The molecule has 3 aromatic carbocycles. The van der Waals surface area contributed by atoms with E-state index in [4.69, 9.17) is 4.74 Å². The van der Waals surface area contributed by atoms with Crippen LogP contribution in [-0.4, -0.2) is 31.1 Å². The van der Waals surface area contributed by atoms with Crippen LogP contribution in [0.25, 0.3) is 6.08 Å². The molecule has 1 saturated heterocycles. The largest absolute Gasteiger partial charge is 0.376 e. The van der Waals surface area contributed by atoms with E-state index in [1.54, 1.807) is 11.0 Å². The van der Waals surface area contributed by atoms with Crippen LogP contribution in [0.5, 0.6) is 0 Å². The maximum atomic E-state index is 13.2. The molecule has 0 bridgehead atoms. The molecule has 1 fully saturated rings. The molecule has 0 aromatic heterocycles. The fourth-order valence-electron chi connectivity index (χ4n) is 3.96. The van der Waals surface area contributed by atoms with Gasteiger partial charge in [-0.2, -0.15) is 0 Å². The Hall–Kier alpha value is -3.70. The monoisotopic (exact) mass is 454 g/mol. The normalized spacial score (nSPS) is 15.4. The fraction of sp³-hybridized carbons (Fsp3) is 0.241. The molecule has 1 atom stereocenters. The Labute approximate surface area is 201 Å². The van der Waals surface area contributed by atoms with Gasteiger partial charge >= 0.3 is 0 Å². The van der Waals surface area contributed by atoms with Crippen LogP contribution in [0.3, 0.4) is 0 Å². The second-order valence-corrected chi connectivity index (χ2v) is 8.44. The minimum atomic E-state index is -0.102. The second-order valence-electron chi connectivity index (χ2n) is 8.44. The van der Waals surface area contributed by atoms with E-state index in [0.29, 0.717) is 19.5 Å². The molecule has 34 heavy (non-hydrogen) atoms. The lowest BCUT2D eigenvalue weighted by molar-refractivity contribution is -0.121. The zero-order valence-electron chi connectivity index (χ0n) is 19.2. The predicted molar refractivity (Wildman–Crippen MR) is 135 cm³/mol. The van der Waals surface area contributed by atoms with Crippen LogP contribution < -0.4 is 10.2 Å². The number of benzene rings is 3. The summed E-state index contributed by atoms with van der Waals surface area (Å²) in [6.07, 6.45) is 5.92. The van der Waals surface area contributed by atoms with Gasteiger partial charge in [0, 0.05) is 24.9 Å². The first-order chi connectivity index (χ1) is 16.7. The standard InChI is InChI=1S/C29H30N2O3/c32-28(30-21-27-12-7-19-34-27)20-24-13-16-26(17-14-24)31(22-25-10-5-2-6-11-25)29(33)18-15-23-8-3-1-4-9-23/h1-6,8-11,13-18,27H,7,12,19-22H2,(H,30,32)/b18-15+/t27-/m0/s1. The molecular weight excluding hydrogens is 424 g/mol. The Bertz CT molecular complexity index is 1090. The van der Waals surface area contributed by atoms with Gasteiger partial charge in [-0.05, 0) is 47.7 Å².